The zero-order valence-electron chi connectivity index (χ0n) is 7.98. The van der Waals surface area contributed by atoms with Gasteiger partial charge in [0, 0.05) is 5.56 Å². The van der Waals surface area contributed by atoms with Crippen LogP contribution in [-0.2, 0) is 0 Å². The third-order valence-corrected chi connectivity index (χ3v) is 2.20. The number of amides is 1. The highest BCUT2D eigenvalue weighted by Crippen LogP contribution is 2.23. The average molecular weight is 239 g/mol. The minimum absolute atomic E-state index is 0.0665. The summed E-state index contributed by atoms with van der Waals surface area (Å²) in [5, 5.41) is 15.3. The summed E-state index contributed by atoms with van der Waals surface area (Å²) < 4.78 is 4.56. The second-order valence-electron chi connectivity index (χ2n) is 3.03. The zero-order chi connectivity index (χ0) is 11.5. The van der Waals surface area contributed by atoms with Crippen molar-refractivity contribution in [3.8, 4) is 5.75 Å². The van der Waals surface area contributed by atoms with Crippen LogP contribution >= 0.6 is 11.6 Å². The number of carbonyl (C=O) groups excluding carboxylic acids is 1. The van der Waals surface area contributed by atoms with Gasteiger partial charge in [-0.1, -0.05) is 16.8 Å². The molecule has 16 heavy (non-hydrogen) atoms. The summed E-state index contributed by atoms with van der Waals surface area (Å²) in [6.45, 7) is 0. The molecule has 0 aliphatic carbocycles. The van der Waals surface area contributed by atoms with Gasteiger partial charge >= 0.3 is 0 Å². The van der Waals surface area contributed by atoms with Gasteiger partial charge in [0.05, 0.1) is 11.2 Å². The van der Waals surface area contributed by atoms with Crippen LogP contribution in [0, 0.1) is 0 Å². The fourth-order valence-electron chi connectivity index (χ4n) is 1.12. The molecule has 0 aliphatic rings. The minimum atomic E-state index is -0.356. The van der Waals surface area contributed by atoms with E-state index >= 15 is 0 Å². The first-order valence-electron chi connectivity index (χ1n) is 4.36. The number of phenolic OH excluding ortho intramolecular Hbond substituents is 1. The molecule has 82 valence electrons. The van der Waals surface area contributed by atoms with Crippen LogP contribution in [0.5, 0.6) is 5.75 Å². The quantitative estimate of drug-likeness (QED) is 0.842. The number of aromatic hydroxyl groups is 1. The second-order valence-corrected chi connectivity index (χ2v) is 3.44. The van der Waals surface area contributed by atoms with E-state index in [4.69, 9.17) is 11.6 Å². The van der Waals surface area contributed by atoms with Crippen molar-refractivity contribution in [2.45, 2.75) is 0 Å². The summed E-state index contributed by atoms with van der Waals surface area (Å²) in [5.41, 5.74) is 0.790. The number of nitrogens with one attached hydrogen (secondary N) is 1. The molecule has 0 saturated carbocycles. The van der Waals surface area contributed by atoms with Gasteiger partial charge in [-0.25, -0.2) is 0 Å². The number of carbonyl (C=O) groups is 1. The third kappa shape index (κ3) is 2.14. The van der Waals surface area contributed by atoms with E-state index in [9.17, 15) is 9.90 Å². The van der Waals surface area contributed by atoms with Gasteiger partial charge in [-0.05, 0) is 18.2 Å². The molecule has 2 N–H and O–H groups in total. The van der Waals surface area contributed by atoms with Crippen molar-refractivity contribution in [3.05, 3.63) is 41.2 Å². The number of anilines is 1. The summed E-state index contributed by atoms with van der Waals surface area (Å²) in [7, 11) is 0. The lowest BCUT2D eigenvalue weighted by Crippen LogP contribution is -2.11. The Morgan fingerprint density at radius 3 is 2.94 bits per heavy atom. The molecular formula is C10H7ClN2O3. The monoisotopic (exact) mass is 238 g/mol. The van der Waals surface area contributed by atoms with Crippen LogP contribution in [0.25, 0.3) is 0 Å². The minimum Gasteiger partial charge on any atom is -0.506 e. The van der Waals surface area contributed by atoms with Gasteiger partial charge in [-0.2, -0.15) is 0 Å². The number of nitrogens with zero attached hydrogens (tertiary/aromatic N) is 1. The predicted octanol–water partition coefficient (Wildman–Crippen LogP) is 2.29. The van der Waals surface area contributed by atoms with Gasteiger partial charge in [0.2, 0.25) is 0 Å². The second kappa shape index (κ2) is 4.24. The van der Waals surface area contributed by atoms with Crippen LogP contribution in [0.15, 0.2) is 35.2 Å². The van der Waals surface area contributed by atoms with Gasteiger partial charge < -0.3 is 14.9 Å². The normalized spacial score (nSPS) is 10.1. The highest BCUT2D eigenvalue weighted by atomic mass is 35.5. The van der Waals surface area contributed by atoms with Crippen LogP contribution in [0.1, 0.15) is 10.4 Å². The van der Waals surface area contributed by atoms with Crippen molar-refractivity contribution in [1.82, 2.24) is 5.16 Å². The first-order valence-corrected chi connectivity index (χ1v) is 4.74. The van der Waals surface area contributed by atoms with E-state index < -0.39 is 0 Å². The number of halogens is 1. The fraction of sp³-hybridized carbons (Fsp3) is 0. The maximum atomic E-state index is 11.7. The summed E-state index contributed by atoms with van der Waals surface area (Å²) in [5.74, 6) is -0.423. The molecule has 0 saturated heterocycles. The van der Waals surface area contributed by atoms with E-state index in [0.717, 1.165) is 0 Å². The van der Waals surface area contributed by atoms with Gasteiger partial charge in [0.1, 0.15) is 17.7 Å². The summed E-state index contributed by atoms with van der Waals surface area (Å²) in [6.07, 6.45) is 2.68. The third-order valence-electron chi connectivity index (χ3n) is 1.90. The molecule has 0 unspecified atom stereocenters. The smallest absolute Gasteiger partial charge is 0.255 e. The van der Waals surface area contributed by atoms with Crippen molar-refractivity contribution in [2.75, 3.05) is 5.32 Å². The highest BCUT2D eigenvalue weighted by molar-refractivity contribution is 6.32. The van der Waals surface area contributed by atoms with Crippen molar-refractivity contribution in [1.29, 1.82) is 0 Å². The number of hydrogen-bond acceptors (Lipinski definition) is 4. The van der Waals surface area contributed by atoms with Crippen LogP contribution in [0.4, 0.5) is 5.69 Å². The molecule has 1 amide bonds. The van der Waals surface area contributed by atoms with Crippen molar-refractivity contribution < 1.29 is 14.4 Å². The van der Waals surface area contributed by atoms with E-state index in [1.807, 2.05) is 0 Å². The van der Waals surface area contributed by atoms with Crippen molar-refractivity contribution >= 4 is 23.2 Å². The molecule has 1 heterocycles. The van der Waals surface area contributed by atoms with Gasteiger partial charge in [0.15, 0.2) is 0 Å². The Kier molecular flexibility index (Phi) is 2.78. The molecule has 6 heteroatoms. The van der Waals surface area contributed by atoms with Crippen LogP contribution in [-0.4, -0.2) is 16.2 Å². The molecule has 1 aromatic heterocycles. The lowest BCUT2D eigenvalue weighted by molar-refractivity contribution is 0.102. The Bertz CT molecular complexity index is 511. The van der Waals surface area contributed by atoms with Crippen LogP contribution in [0.3, 0.4) is 0 Å². The molecule has 0 atom stereocenters. The van der Waals surface area contributed by atoms with Crippen molar-refractivity contribution in [2.24, 2.45) is 0 Å². The van der Waals surface area contributed by atoms with Gasteiger partial charge in [-0.15, -0.1) is 0 Å². The Hall–Kier alpha value is -2.01. The lowest BCUT2D eigenvalue weighted by atomic mass is 10.2. The molecule has 0 radical (unpaired) electrons. The highest BCUT2D eigenvalue weighted by Gasteiger charge is 2.09. The average Bonchev–Trinajstić information content (AvgIpc) is 2.74. The molecule has 0 bridgehead atoms. The number of phenols is 1. The maximum Gasteiger partial charge on any atom is 0.255 e. The van der Waals surface area contributed by atoms with Gasteiger partial charge in [-0.3, -0.25) is 4.79 Å². The van der Waals surface area contributed by atoms with Crippen molar-refractivity contribution in [3.63, 3.8) is 0 Å². The molecular weight excluding hydrogens is 232 g/mol. The molecule has 0 aliphatic heterocycles. The van der Waals surface area contributed by atoms with Gasteiger partial charge in [0.25, 0.3) is 5.91 Å². The molecule has 5 nitrogen and oxygen atoms in total. The van der Waals surface area contributed by atoms with E-state index in [-0.39, 0.29) is 16.7 Å². The summed E-state index contributed by atoms with van der Waals surface area (Å²) >= 11 is 5.68. The standard InChI is InChI=1S/C10H7ClN2O3/c11-8-3-6(1-2-9(8)14)10(15)13-7-4-12-16-5-7/h1-5,14H,(H,13,15). The molecule has 2 aromatic rings. The Labute approximate surface area is 95.6 Å². The zero-order valence-corrected chi connectivity index (χ0v) is 8.73. The van der Waals surface area contributed by atoms with E-state index in [1.54, 1.807) is 0 Å². The van der Waals surface area contributed by atoms with Crippen LogP contribution < -0.4 is 5.32 Å². The number of rotatable bonds is 2. The summed E-state index contributed by atoms with van der Waals surface area (Å²) in [4.78, 5) is 11.7. The fourth-order valence-corrected chi connectivity index (χ4v) is 1.30. The summed E-state index contributed by atoms with van der Waals surface area (Å²) in [6, 6.07) is 4.19. The number of hydrogen-bond donors (Lipinski definition) is 2. The molecule has 1 aromatic carbocycles. The Morgan fingerprint density at radius 2 is 2.31 bits per heavy atom. The number of benzene rings is 1. The topological polar surface area (TPSA) is 75.4 Å². The van der Waals surface area contributed by atoms with E-state index in [0.29, 0.717) is 11.3 Å². The van der Waals surface area contributed by atoms with E-state index in [1.165, 1.54) is 30.7 Å². The Balaban J connectivity index is 2.18. The predicted molar refractivity (Wildman–Crippen MR) is 57.6 cm³/mol. The lowest BCUT2D eigenvalue weighted by Gasteiger charge is -2.03. The molecule has 0 fully saturated rings. The molecule has 2 rings (SSSR count). The first-order chi connectivity index (χ1) is 7.66. The van der Waals surface area contributed by atoms with E-state index in [2.05, 4.69) is 15.0 Å². The van der Waals surface area contributed by atoms with Crippen LogP contribution in [0.2, 0.25) is 5.02 Å². The Morgan fingerprint density at radius 1 is 1.50 bits per heavy atom. The molecule has 0 spiro atoms. The largest absolute Gasteiger partial charge is 0.506 e. The number of aromatic nitrogens is 1. The maximum absolute atomic E-state index is 11.7. The SMILES string of the molecule is O=C(Nc1cnoc1)c1ccc(O)c(Cl)c1. The first kappa shape index (κ1) is 10.5.